The average Bonchev–Trinajstić information content (AvgIpc) is 3.35. The van der Waals surface area contributed by atoms with Crippen LogP contribution in [0.15, 0.2) is 83.1 Å². The van der Waals surface area contributed by atoms with E-state index in [1.807, 2.05) is 53.1 Å². The van der Waals surface area contributed by atoms with Crippen LogP contribution in [0.3, 0.4) is 0 Å². The molecule has 0 aliphatic rings. The molecule has 9 heteroatoms. The van der Waals surface area contributed by atoms with E-state index in [-0.39, 0.29) is 17.1 Å². The molecule has 38 heavy (non-hydrogen) atoms. The lowest BCUT2D eigenvalue weighted by molar-refractivity contribution is -0.118. The highest BCUT2D eigenvalue weighted by Crippen LogP contribution is 2.30. The fourth-order valence-electron chi connectivity index (χ4n) is 3.70. The number of amides is 1. The molecule has 8 nitrogen and oxygen atoms in total. The van der Waals surface area contributed by atoms with Crippen LogP contribution in [0.2, 0.25) is 0 Å². The lowest BCUT2D eigenvalue weighted by atomic mass is 9.87. The van der Waals surface area contributed by atoms with Crippen molar-refractivity contribution in [1.82, 2.24) is 20.2 Å². The van der Waals surface area contributed by atoms with Gasteiger partial charge in [-0.3, -0.25) is 9.36 Å². The number of nitrogens with one attached hydrogen (secondary N) is 1. The number of carbonyl (C=O) groups is 1. The smallest absolute Gasteiger partial charge is 0.250 e. The Balaban J connectivity index is 1.54. The third-order valence-electron chi connectivity index (χ3n) is 5.80. The minimum Gasteiger partial charge on any atom is -0.497 e. The van der Waals surface area contributed by atoms with E-state index in [1.54, 1.807) is 20.4 Å². The molecular formula is C29H31N5O3S. The van der Waals surface area contributed by atoms with E-state index in [2.05, 4.69) is 65.8 Å². The lowest BCUT2D eigenvalue weighted by Crippen LogP contribution is -2.20. The Morgan fingerprint density at radius 1 is 0.974 bits per heavy atom. The maximum absolute atomic E-state index is 12.5. The van der Waals surface area contributed by atoms with E-state index in [4.69, 9.17) is 9.47 Å². The van der Waals surface area contributed by atoms with Gasteiger partial charge in [0.2, 0.25) is 0 Å². The number of ether oxygens (including phenoxy) is 2. The van der Waals surface area contributed by atoms with E-state index >= 15 is 0 Å². The van der Waals surface area contributed by atoms with Crippen LogP contribution >= 0.6 is 11.8 Å². The topological polar surface area (TPSA) is 90.6 Å². The first-order valence-electron chi connectivity index (χ1n) is 12.1. The van der Waals surface area contributed by atoms with Crippen molar-refractivity contribution >= 4 is 23.9 Å². The summed E-state index contributed by atoms with van der Waals surface area (Å²) in [6.45, 7) is 6.55. The summed E-state index contributed by atoms with van der Waals surface area (Å²) >= 11 is 1.29. The summed E-state index contributed by atoms with van der Waals surface area (Å²) in [6.07, 6.45) is 1.57. The zero-order valence-corrected chi connectivity index (χ0v) is 23.0. The molecule has 0 aliphatic carbocycles. The first kappa shape index (κ1) is 26.9. The number of carbonyl (C=O) groups excluding carboxylic acids is 1. The van der Waals surface area contributed by atoms with Gasteiger partial charge in [0.15, 0.2) is 11.0 Å². The summed E-state index contributed by atoms with van der Waals surface area (Å²) in [5.74, 6) is 2.02. The van der Waals surface area contributed by atoms with Crippen LogP contribution in [-0.4, -0.2) is 46.9 Å². The average molecular weight is 530 g/mol. The van der Waals surface area contributed by atoms with Gasteiger partial charge in [-0.2, -0.15) is 5.10 Å². The number of benzene rings is 3. The van der Waals surface area contributed by atoms with E-state index in [9.17, 15) is 4.79 Å². The standard InChI is InChI=1S/C29H31N5O3S/c1-29(2,3)22-11-9-21(10-12-22)27-32-33-28(34(27)23-13-15-24(36-4)16-14-23)38-19-26(35)31-30-18-20-7-6-8-25(17-20)37-5/h6-18H,19H2,1-5H3,(H,31,35). The Bertz CT molecular complexity index is 1410. The minimum atomic E-state index is -0.255. The summed E-state index contributed by atoms with van der Waals surface area (Å²) in [4.78, 5) is 12.5. The number of thioether (sulfide) groups is 1. The maximum atomic E-state index is 12.5. The van der Waals surface area contributed by atoms with Gasteiger partial charge in [0.1, 0.15) is 11.5 Å². The van der Waals surface area contributed by atoms with Gasteiger partial charge < -0.3 is 9.47 Å². The fourth-order valence-corrected chi connectivity index (χ4v) is 4.44. The minimum absolute atomic E-state index is 0.0472. The summed E-state index contributed by atoms with van der Waals surface area (Å²) in [5.41, 5.74) is 6.46. The van der Waals surface area contributed by atoms with Crippen molar-refractivity contribution in [2.75, 3.05) is 20.0 Å². The molecule has 0 saturated heterocycles. The predicted octanol–water partition coefficient (Wildman–Crippen LogP) is 5.49. The van der Waals surface area contributed by atoms with E-state index in [0.29, 0.717) is 11.0 Å². The molecule has 1 heterocycles. The van der Waals surface area contributed by atoms with Crippen LogP contribution in [0, 0.1) is 0 Å². The second-order valence-electron chi connectivity index (χ2n) is 9.53. The van der Waals surface area contributed by atoms with Crippen molar-refractivity contribution in [2.45, 2.75) is 31.3 Å². The van der Waals surface area contributed by atoms with Gasteiger partial charge >= 0.3 is 0 Å². The lowest BCUT2D eigenvalue weighted by Gasteiger charge is -2.19. The number of hydrogen-bond acceptors (Lipinski definition) is 7. The molecule has 0 radical (unpaired) electrons. The van der Waals surface area contributed by atoms with E-state index in [0.717, 1.165) is 28.3 Å². The molecule has 3 aromatic carbocycles. The van der Waals surface area contributed by atoms with E-state index < -0.39 is 0 Å². The number of hydrogen-bond donors (Lipinski definition) is 1. The van der Waals surface area contributed by atoms with Gasteiger partial charge in [-0.25, -0.2) is 5.43 Å². The summed E-state index contributed by atoms with van der Waals surface area (Å²) < 4.78 is 12.5. The monoisotopic (exact) mass is 529 g/mol. The zero-order valence-electron chi connectivity index (χ0n) is 22.1. The van der Waals surface area contributed by atoms with Crippen molar-refractivity contribution in [3.63, 3.8) is 0 Å². The van der Waals surface area contributed by atoms with Crippen molar-refractivity contribution < 1.29 is 14.3 Å². The first-order chi connectivity index (χ1) is 18.3. The third-order valence-corrected chi connectivity index (χ3v) is 6.73. The van der Waals surface area contributed by atoms with Crippen LogP contribution in [0.5, 0.6) is 11.5 Å². The molecule has 0 saturated carbocycles. The van der Waals surface area contributed by atoms with Gasteiger partial charge in [-0.1, -0.05) is 68.9 Å². The van der Waals surface area contributed by atoms with Gasteiger partial charge in [0.05, 0.1) is 26.2 Å². The molecule has 4 aromatic rings. The number of rotatable bonds is 9. The van der Waals surface area contributed by atoms with Crippen LogP contribution < -0.4 is 14.9 Å². The molecule has 0 unspecified atom stereocenters. The zero-order chi connectivity index (χ0) is 27.1. The van der Waals surface area contributed by atoms with Crippen molar-refractivity contribution in [1.29, 1.82) is 0 Å². The Morgan fingerprint density at radius 2 is 1.68 bits per heavy atom. The van der Waals surface area contributed by atoms with E-state index in [1.165, 1.54) is 17.3 Å². The molecule has 4 rings (SSSR count). The van der Waals surface area contributed by atoms with Crippen LogP contribution in [0.4, 0.5) is 0 Å². The molecule has 0 spiro atoms. The highest BCUT2D eigenvalue weighted by molar-refractivity contribution is 7.99. The van der Waals surface area contributed by atoms with Gasteiger partial charge in [0.25, 0.3) is 5.91 Å². The second-order valence-corrected chi connectivity index (χ2v) is 10.5. The Morgan fingerprint density at radius 3 is 2.34 bits per heavy atom. The van der Waals surface area contributed by atoms with Crippen molar-refractivity contribution in [3.8, 4) is 28.6 Å². The largest absolute Gasteiger partial charge is 0.497 e. The summed E-state index contributed by atoms with van der Waals surface area (Å²) in [7, 11) is 3.24. The second kappa shape index (κ2) is 12.0. The van der Waals surface area contributed by atoms with Gasteiger partial charge in [0, 0.05) is 11.3 Å². The van der Waals surface area contributed by atoms with Crippen LogP contribution in [0.25, 0.3) is 17.1 Å². The third kappa shape index (κ3) is 6.60. The molecule has 1 amide bonds. The van der Waals surface area contributed by atoms with Gasteiger partial charge in [-0.15, -0.1) is 10.2 Å². The maximum Gasteiger partial charge on any atom is 0.250 e. The Kier molecular flexibility index (Phi) is 8.48. The quantitative estimate of drug-likeness (QED) is 0.175. The summed E-state index contributed by atoms with van der Waals surface area (Å²) in [5, 5.41) is 13.5. The molecule has 0 atom stereocenters. The molecule has 1 N–H and O–H groups in total. The molecule has 1 aromatic heterocycles. The van der Waals surface area contributed by atoms with Gasteiger partial charge in [-0.05, 0) is 52.9 Å². The normalized spacial score (nSPS) is 11.5. The van der Waals surface area contributed by atoms with Crippen LogP contribution in [0.1, 0.15) is 31.9 Å². The SMILES string of the molecule is COc1ccc(-n2c(SCC(=O)NN=Cc3cccc(OC)c3)nnc2-c2ccc(C(C)(C)C)cc2)cc1. The molecule has 0 fully saturated rings. The van der Waals surface area contributed by atoms with Crippen LogP contribution in [-0.2, 0) is 10.2 Å². The number of aromatic nitrogens is 3. The van der Waals surface area contributed by atoms with Crippen molar-refractivity contribution in [3.05, 3.63) is 83.9 Å². The molecule has 196 valence electrons. The highest BCUT2D eigenvalue weighted by atomic mass is 32.2. The summed E-state index contributed by atoms with van der Waals surface area (Å²) in [6, 6.07) is 23.4. The molecule has 0 aliphatic heterocycles. The molecule has 0 bridgehead atoms. The van der Waals surface area contributed by atoms with Crippen molar-refractivity contribution in [2.24, 2.45) is 5.10 Å². The Hall–Kier alpha value is -4.11. The fraction of sp³-hybridized carbons (Fsp3) is 0.241. The highest BCUT2D eigenvalue weighted by Gasteiger charge is 2.19. The Labute approximate surface area is 227 Å². The first-order valence-corrected chi connectivity index (χ1v) is 13.1. The predicted molar refractivity (Wildman–Crippen MR) is 152 cm³/mol. The number of hydrazone groups is 1. The number of nitrogens with zero attached hydrogens (tertiary/aromatic N) is 4. The molecular weight excluding hydrogens is 498 g/mol. The number of methoxy groups -OCH3 is 2.